The quantitative estimate of drug-likeness (QED) is 0.115. The number of methoxy groups -OCH3 is 1. The molecule has 9 N–H and O–H groups in total. The van der Waals surface area contributed by atoms with Gasteiger partial charge in [-0.15, -0.1) is 11.8 Å². The van der Waals surface area contributed by atoms with E-state index in [4.69, 9.17) is 21.3 Å². The molecule has 2 aliphatic rings. The normalized spacial score (nSPS) is 21.3. The number of ether oxygens (including phenoxy) is 3. The predicted molar refractivity (Wildman–Crippen MR) is 133 cm³/mol. The number of nitrogens with zero attached hydrogens (tertiary/aromatic N) is 1. The van der Waals surface area contributed by atoms with Crippen molar-refractivity contribution in [2.75, 3.05) is 31.4 Å². The minimum absolute atomic E-state index is 0.00599. The molecule has 1 aromatic rings. The molecule has 3 rings (SSSR count). The zero-order valence-corrected chi connectivity index (χ0v) is 21.5. The molecular weight excluding hydrogens is 558 g/mol. The number of carbonyl (C=O) groups is 6. The van der Waals surface area contributed by atoms with Crippen molar-refractivity contribution in [3.8, 4) is 0 Å². The molecule has 4 amide bonds. The van der Waals surface area contributed by atoms with Gasteiger partial charge in [-0.2, -0.15) is 0 Å². The largest absolute Gasteiger partial charge is 0.480 e. The third kappa shape index (κ3) is 6.09. The first-order valence-corrected chi connectivity index (χ1v) is 12.3. The minimum Gasteiger partial charge on any atom is -0.480 e. The standard InChI is InChI=1S/C22H25N5O12S/c1-37-22(18(34)27-13(17(32)33)10(6-38-20(24)35)8-40-19(22)27)26-15(29)14(28)9-2-4-11(5-3-9)25-21(36)39-7-12(23)16(30)31/h2-5,12,14,19,28H,6-8,23H2,1H3,(H2,24,35)(H,25,36)(H,26,29)(H,30,31)(H,32,33)/t12-,14-,19-,22+/m1/s1. The fourth-order valence-electron chi connectivity index (χ4n) is 3.75. The average molecular weight is 584 g/mol. The number of aliphatic hydroxyl groups is 1. The van der Waals surface area contributed by atoms with Crippen molar-refractivity contribution in [3.05, 3.63) is 41.1 Å². The Morgan fingerprint density at radius 2 is 1.82 bits per heavy atom. The maximum atomic E-state index is 13.1. The average Bonchev–Trinajstić information content (AvgIpc) is 2.92. The second-order valence-corrected chi connectivity index (χ2v) is 9.39. The van der Waals surface area contributed by atoms with Crippen LogP contribution in [0.2, 0.25) is 0 Å². The Morgan fingerprint density at radius 1 is 1.18 bits per heavy atom. The number of benzene rings is 1. The van der Waals surface area contributed by atoms with E-state index in [0.717, 1.165) is 23.8 Å². The number of nitrogens with one attached hydrogen (secondary N) is 2. The molecule has 216 valence electrons. The SMILES string of the molecule is CO[C@@]1(NC(=O)[C@H](O)c2ccc(NC(=O)OC[C@@H](N)C(=O)O)cc2)C(=O)N2C(C(=O)O)=C(COC(N)=O)CS[C@@H]21. The van der Waals surface area contributed by atoms with Crippen LogP contribution in [0.25, 0.3) is 0 Å². The molecule has 2 aliphatic heterocycles. The fourth-order valence-corrected chi connectivity index (χ4v) is 5.17. The first kappa shape index (κ1) is 30.2. The fraction of sp³-hybridized carbons (Fsp3) is 0.364. The summed E-state index contributed by atoms with van der Waals surface area (Å²) in [5.41, 5.74) is 8.10. The molecule has 0 radical (unpaired) electrons. The van der Waals surface area contributed by atoms with Gasteiger partial charge in [0.2, 0.25) is 0 Å². The second kappa shape index (κ2) is 12.2. The van der Waals surface area contributed by atoms with Crippen LogP contribution in [0.5, 0.6) is 0 Å². The van der Waals surface area contributed by atoms with Crippen molar-refractivity contribution in [1.29, 1.82) is 0 Å². The number of primary amides is 1. The Bertz CT molecular complexity index is 1260. The number of nitrogens with two attached hydrogens (primary N) is 2. The number of carboxylic acids is 2. The number of aliphatic carboxylic acids is 2. The molecule has 0 saturated carbocycles. The van der Waals surface area contributed by atoms with E-state index < -0.39 is 78.1 Å². The molecule has 17 nitrogen and oxygen atoms in total. The number of aliphatic hydroxyl groups excluding tert-OH is 1. The molecule has 0 unspecified atom stereocenters. The molecule has 4 atom stereocenters. The van der Waals surface area contributed by atoms with E-state index in [2.05, 4.69) is 20.1 Å². The smallest absolute Gasteiger partial charge is 0.411 e. The molecule has 18 heteroatoms. The van der Waals surface area contributed by atoms with Gasteiger partial charge in [-0.1, -0.05) is 12.1 Å². The van der Waals surface area contributed by atoms with E-state index in [1.807, 2.05) is 0 Å². The van der Waals surface area contributed by atoms with Crippen LogP contribution >= 0.6 is 11.8 Å². The first-order valence-electron chi connectivity index (χ1n) is 11.2. The van der Waals surface area contributed by atoms with Crippen LogP contribution in [0.1, 0.15) is 11.7 Å². The highest BCUT2D eigenvalue weighted by molar-refractivity contribution is 8.00. The van der Waals surface area contributed by atoms with Crippen LogP contribution in [0, 0.1) is 0 Å². The maximum Gasteiger partial charge on any atom is 0.411 e. The zero-order chi connectivity index (χ0) is 29.8. The van der Waals surface area contributed by atoms with E-state index in [9.17, 15) is 39.0 Å². The summed E-state index contributed by atoms with van der Waals surface area (Å²) >= 11 is 1.03. The number of amides is 4. The van der Waals surface area contributed by atoms with Gasteiger partial charge < -0.3 is 46.3 Å². The molecule has 1 aromatic carbocycles. The highest BCUT2D eigenvalue weighted by Gasteiger charge is 2.67. The van der Waals surface area contributed by atoms with Crippen LogP contribution < -0.4 is 22.1 Å². The zero-order valence-electron chi connectivity index (χ0n) is 20.7. The number of hydrogen-bond acceptors (Lipinski definition) is 12. The van der Waals surface area contributed by atoms with E-state index in [-0.39, 0.29) is 22.6 Å². The molecule has 40 heavy (non-hydrogen) atoms. The number of fused-ring (bicyclic) bond motifs is 1. The van der Waals surface area contributed by atoms with Gasteiger partial charge in [-0.05, 0) is 17.7 Å². The van der Waals surface area contributed by atoms with Gasteiger partial charge in [0.1, 0.15) is 30.3 Å². The van der Waals surface area contributed by atoms with Gasteiger partial charge in [0.25, 0.3) is 17.5 Å². The van der Waals surface area contributed by atoms with Crippen molar-refractivity contribution < 1.29 is 58.3 Å². The van der Waals surface area contributed by atoms with E-state index in [1.165, 1.54) is 24.3 Å². The van der Waals surface area contributed by atoms with Crippen molar-refractivity contribution in [3.63, 3.8) is 0 Å². The summed E-state index contributed by atoms with van der Waals surface area (Å²) in [6, 6.07) is 3.83. The molecule has 0 aliphatic carbocycles. The number of anilines is 1. The minimum atomic E-state index is -2.00. The molecule has 2 heterocycles. The topological polar surface area (TPSA) is 270 Å². The number of carboxylic acid groups (broad SMARTS) is 2. The van der Waals surface area contributed by atoms with Gasteiger partial charge in [-0.3, -0.25) is 24.6 Å². The lowest BCUT2D eigenvalue weighted by Gasteiger charge is -2.55. The van der Waals surface area contributed by atoms with Crippen LogP contribution in [0.3, 0.4) is 0 Å². The van der Waals surface area contributed by atoms with E-state index in [0.29, 0.717) is 0 Å². The summed E-state index contributed by atoms with van der Waals surface area (Å²) < 4.78 is 14.7. The number of carbonyl (C=O) groups excluding carboxylic acids is 4. The molecule has 1 fully saturated rings. The lowest BCUT2D eigenvalue weighted by molar-refractivity contribution is -0.194. The Labute approximate surface area is 229 Å². The Hall–Kier alpha value is -4.39. The van der Waals surface area contributed by atoms with Crippen LogP contribution in [-0.4, -0.2) is 99.4 Å². The van der Waals surface area contributed by atoms with Crippen LogP contribution in [0.15, 0.2) is 35.5 Å². The van der Waals surface area contributed by atoms with Gasteiger partial charge in [0, 0.05) is 24.1 Å². The summed E-state index contributed by atoms with van der Waals surface area (Å²) in [6.07, 6.45) is -3.91. The summed E-state index contributed by atoms with van der Waals surface area (Å²) in [5.74, 6) is -4.78. The van der Waals surface area contributed by atoms with Crippen LogP contribution in [0.4, 0.5) is 15.3 Å². The third-order valence-corrected chi connectivity index (χ3v) is 7.14. The lowest BCUT2D eigenvalue weighted by Crippen LogP contribution is -2.81. The predicted octanol–water partition coefficient (Wildman–Crippen LogP) is -1.51. The Kier molecular flexibility index (Phi) is 9.20. The molecule has 0 bridgehead atoms. The summed E-state index contributed by atoms with van der Waals surface area (Å²) in [4.78, 5) is 72.1. The van der Waals surface area contributed by atoms with Crippen molar-refractivity contribution in [2.45, 2.75) is 23.2 Å². The first-order chi connectivity index (χ1) is 18.8. The number of thioether (sulfide) groups is 1. The van der Waals surface area contributed by atoms with E-state index >= 15 is 0 Å². The van der Waals surface area contributed by atoms with Gasteiger partial charge in [0.05, 0.1) is 0 Å². The van der Waals surface area contributed by atoms with Gasteiger partial charge in [0.15, 0.2) is 6.10 Å². The maximum absolute atomic E-state index is 13.1. The molecule has 0 aromatic heterocycles. The summed E-state index contributed by atoms with van der Waals surface area (Å²) in [7, 11) is 1.13. The summed E-state index contributed by atoms with van der Waals surface area (Å²) in [5, 5.41) is 32.6. The highest BCUT2D eigenvalue weighted by Crippen LogP contribution is 2.46. The van der Waals surface area contributed by atoms with Gasteiger partial charge in [-0.25, -0.2) is 14.4 Å². The monoisotopic (exact) mass is 583 g/mol. The summed E-state index contributed by atoms with van der Waals surface area (Å²) in [6.45, 7) is -1.02. The Morgan fingerprint density at radius 3 is 2.38 bits per heavy atom. The molecule has 0 spiro atoms. The van der Waals surface area contributed by atoms with Crippen molar-refractivity contribution in [2.24, 2.45) is 11.5 Å². The molecule has 1 saturated heterocycles. The lowest BCUT2D eigenvalue weighted by atomic mass is 9.97. The Balaban J connectivity index is 1.67. The number of rotatable bonds is 11. The van der Waals surface area contributed by atoms with Crippen molar-refractivity contribution >= 4 is 53.4 Å². The second-order valence-electron chi connectivity index (χ2n) is 8.33. The third-order valence-electron chi connectivity index (χ3n) is 5.76. The van der Waals surface area contributed by atoms with Crippen molar-refractivity contribution in [1.82, 2.24) is 10.2 Å². The number of β-lactam (4-membered cyclic amide) rings is 1. The number of hydrogen-bond donors (Lipinski definition) is 7. The molecular formula is C22H25N5O12S. The van der Waals surface area contributed by atoms with Crippen LogP contribution in [-0.2, 0) is 33.4 Å². The van der Waals surface area contributed by atoms with Gasteiger partial charge >= 0.3 is 24.1 Å². The highest BCUT2D eigenvalue weighted by atomic mass is 32.2. The van der Waals surface area contributed by atoms with E-state index in [1.54, 1.807) is 0 Å².